The van der Waals surface area contributed by atoms with E-state index in [9.17, 15) is 18.0 Å². The summed E-state index contributed by atoms with van der Waals surface area (Å²) in [6.45, 7) is 5.16. The van der Waals surface area contributed by atoms with Crippen molar-refractivity contribution in [2.45, 2.75) is 70.0 Å². The fraction of sp³-hybridized carbons (Fsp3) is 0.375. The first-order valence-corrected chi connectivity index (χ1v) is 15.4. The zero-order chi connectivity index (χ0) is 29.6. The largest absolute Gasteiger partial charge is 0.497 e. The third kappa shape index (κ3) is 7.47. The van der Waals surface area contributed by atoms with E-state index >= 15 is 0 Å². The van der Waals surface area contributed by atoms with E-state index in [0.717, 1.165) is 46.7 Å². The van der Waals surface area contributed by atoms with E-state index < -0.39 is 28.5 Å². The van der Waals surface area contributed by atoms with E-state index in [1.807, 2.05) is 38.1 Å². The number of hydrogen-bond donors (Lipinski definition) is 1. The molecule has 0 bridgehead atoms. The molecule has 2 amide bonds. The van der Waals surface area contributed by atoms with Gasteiger partial charge in [-0.25, -0.2) is 8.42 Å². The molecule has 1 N–H and O–H groups in total. The minimum Gasteiger partial charge on any atom is -0.497 e. The van der Waals surface area contributed by atoms with Gasteiger partial charge in [-0.3, -0.25) is 13.9 Å². The Morgan fingerprint density at radius 2 is 1.46 bits per heavy atom. The summed E-state index contributed by atoms with van der Waals surface area (Å²) < 4.78 is 34.2. The summed E-state index contributed by atoms with van der Waals surface area (Å²) in [6, 6.07) is 20.1. The van der Waals surface area contributed by atoms with Gasteiger partial charge in [-0.05, 0) is 75.6 Å². The summed E-state index contributed by atoms with van der Waals surface area (Å²) in [5.74, 6) is -0.0541. The van der Waals surface area contributed by atoms with Gasteiger partial charge in [0.1, 0.15) is 18.3 Å². The highest BCUT2D eigenvalue weighted by Crippen LogP contribution is 2.26. The molecule has 0 spiro atoms. The summed E-state index contributed by atoms with van der Waals surface area (Å²) in [4.78, 5) is 28.9. The fourth-order valence-electron chi connectivity index (χ4n) is 4.98. The van der Waals surface area contributed by atoms with Gasteiger partial charge in [0.05, 0.1) is 17.7 Å². The molecule has 4 rings (SSSR count). The number of carbonyl (C=O) groups is 2. The molecule has 0 heterocycles. The first-order valence-electron chi connectivity index (χ1n) is 14.0. The summed E-state index contributed by atoms with van der Waals surface area (Å²) in [7, 11) is -2.51. The normalized spacial score (nSPS) is 14.3. The molecular formula is C32H39N3O5S. The molecule has 9 heteroatoms. The average Bonchev–Trinajstić information content (AvgIpc) is 3.48. The standard InChI is InChI=1S/C32H39N3O5S/c1-23-9-15-28(16-10-23)35(41(38,39)30-19-11-24(2)12-20-30)22-31(36)34(21-26-13-17-29(40-4)18-14-26)25(3)32(37)33-27-7-5-6-8-27/h9-20,25,27H,5-8,21-22H2,1-4H3,(H,33,37)/t25-/m0/s1. The lowest BCUT2D eigenvalue weighted by molar-refractivity contribution is -0.139. The van der Waals surface area contributed by atoms with E-state index in [0.29, 0.717) is 11.4 Å². The van der Waals surface area contributed by atoms with Crippen LogP contribution in [0.5, 0.6) is 5.75 Å². The molecule has 3 aromatic rings. The summed E-state index contributed by atoms with van der Waals surface area (Å²) in [5.41, 5.74) is 3.06. The van der Waals surface area contributed by atoms with Gasteiger partial charge < -0.3 is 15.0 Å². The van der Waals surface area contributed by atoms with Crippen molar-refractivity contribution in [3.05, 3.63) is 89.5 Å². The molecule has 1 aliphatic carbocycles. The third-order valence-electron chi connectivity index (χ3n) is 7.59. The molecule has 0 radical (unpaired) electrons. The second-order valence-corrected chi connectivity index (χ2v) is 12.6. The molecule has 1 saturated carbocycles. The number of sulfonamides is 1. The van der Waals surface area contributed by atoms with Crippen molar-refractivity contribution in [3.8, 4) is 5.75 Å². The fourth-order valence-corrected chi connectivity index (χ4v) is 6.39. The van der Waals surface area contributed by atoms with Crippen molar-refractivity contribution in [1.29, 1.82) is 0 Å². The van der Waals surface area contributed by atoms with Crippen molar-refractivity contribution >= 4 is 27.5 Å². The van der Waals surface area contributed by atoms with Crippen LogP contribution in [-0.4, -0.2) is 50.9 Å². The molecule has 41 heavy (non-hydrogen) atoms. The van der Waals surface area contributed by atoms with Crippen LogP contribution in [0.1, 0.15) is 49.3 Å². The van der Waals surface area contributed by atoms with Crippen molar-refractivity contribution < 1.29 is 22.7 Å². The molecule has 0 unspecified atom stereocenters. The maximum absolute atomic E-state index is 14.1. The van der Waals surface area contributed by atoms with Gasteiger partial charge in [0.25, 0.3) is 10.0 Å². The van der Waals surface area contributed by atoms with Crippen LogP contribution in [-0.2, 0) is 26.2 Å². The number of methoxy groups -OCH3 is 1. The van der Waals surface area contributed by atoms with Gasteiger partial charge in [0, 0.05) is 12.6 Å². The first-order chi connectivity index (χ1) is 19.6. The Bertz CT molecular complexity index is 1430. The second kappa shape index (κ2) is 13.2. The third-order valence-corrected chi connectivity index (χ3v) is 9.38. The molecule has 0 saturated heterocycles. The van der Waals surface area contributed by atoms with Crippen LogP contribution in [0.15, 0.2) is 77.7 Å². The van der Waals surface area contributed by atoms with Crippen molar-refractivity contribution in [3.63, 3.8) is 0 Å². The molecule has 0 aromatic heterocycles. The topological polar surface area (TPSA) is 96.0 Å². The number of ether oxygens (including phenoxy) is 1. The summed E-state index contributed by atoms with van der Waals surface area (Å²) in [5, 5.41) is 3.09. The number of hydrogen-bond acceptors (Lipinski definition) is 5. The lowest BCUT2D eigenvalue weighted by atomic mass is 10.1. The monoisotopic (exact) mass is 577 g/mol. The maximum atomic E-state index is 14.1. The van der Waals surface area contributed by atoms with Gasteiger partial charge >= 0.3 is 0 Å². The summed E-state index contributed by atoms with van der Waals surface area (Å²) in [6.07, 6.45) is 3.97. The van der Waals surface area contributed by atoms with Crippen molar-refractivity contribution in [1.82, 2.24) is 10.2 Å². The van der Waals surface area contributed by atoms with Crippen LogP contribution in [0.4, 0.5) is 5.69 Å². The molecule has 1 aliphatic rings. The molecule has 218 valence electrons. The Morgan fingerprint density at radius 3 is 2.02 bits per heavy atom. The first kappa shape index (κ1) is 30.1. The number of aryl methyl sites for hydroxylation is 2. The highest BCUT2D eigenvalue weighted by atomic mass is 32.2. The molecule has 0 aliphatic heterocycles. The quantitative estimate of drug-likeness (QED) is 0.347. The molecule has 3 aromatic carbocycles. The summed E-state index contributed by atoms with van der Waals surface area (Å²) >= 11 is 0. The van der Waals surface area contributed by atoms with E-state index in [2.05, 4.69) is 5.32 Å². The predicted molar refractivity (Wildman–Crippen MR) is 160 cm³/mol. The number of anilines is 1. The number of benzene rings is 3. The average molecular weight is 578 g/mol. The van der Waals surface area contributed by atoms with Crippen LogP contribution >= 0.6 is 0 Å². The van der Waals surface area contributed by atoms with Crippen LogP contribution in [0, 0.1) is 13.8 Å². The highest BCUT2D eigenvalue weighted by Gasteiger charge is 2.33. The van der Waals surface area contributed by atoms with Gasteiger partial charge in [0.15, 0.2) is 0 Å². The molecule has 1 atom stereocenters. The Kier molecular flexibility index (Phi) is 9.70. The van der Waals surface area contributed by atoms with Gasteiger partial charge in [-0.1, -0.05) is 60.4 Å². The highest BCUT2D eigenvalue weighted by molar-refractivity contribution is 7.92. The predicted octanol–water partition coefficient (Wildman–Crippen LogP) is 4.98. The van der Waals surface area contributed by atoms with Crippen LogP contribution < -0.4 is 14.4 Å². The smallest absolute Gasteiger partial charge is 0.264 e. The van der Waals surface area contributed by atoms with E-state index in [-0.39, 0.29) is 23.4 Å². The van der Waals surface area contributed by atoms with Gasteiger partial charge in [-0.2, -0.15) is 0 Å². The molecule has 1 fully saturated rings. The number of rotatable bonds is 11. The Labute approximate surface area is 243 Å². The molecule has 8 nitrogen and oxygen atoms in total. The van der Waals surface area contributed by atoms with Gasteiger partial charge in [-0.15, -0.1) is 0 Å². The van der Waals surface area contributed by atoms with E-state index in [1.54, 1.807) is 62.6 Å². The maximum Gasteiger partial charge on any atom is 0.264 e. The number of amides is 2. The van der Waals surface area contributed by atoms with Crippen LogP contribution in [0.2, 0.25) is 0 Å². The van der Waals surface area contributed by atoms with Crippen LogP contribution in [0.25, 0.3) is 0 Å². The Morgan fingerprint density at radius 1 is 0.902 bits per heavy atom. The molecular weight excluding hydrogens is 538 g/mol. The minimum absolute atomic E-state index is 0.0882. The van der Waals surface area contributed by atoms with Crippen LogP contribution in [0.3, 0.4) is 0 Å². The lowest BCUT2D eigenvalue weighted by Crippen LogP contribution is -2.52. The second-order valence-electron chi connectivity index (χ2n) is 10.7. The van der Waals surface area contributed by atoms with Crippen molar-refractivity contribution in [2.24, 2.45) is 0 Å². The van der Waals surface area contributed by atoms with E-state index in [1.165, 1.54) is 4.90 Å². The van der Waals surface area contributed by atoms with Crippen molar-refractivity contribution in [2.75, 3.05) is 18.0 Å². The minimum atomic E-state index is -4.09. The SMILES string of the molecule is COc1ccc(CN(C(=O)CN(c2ccc(C)cc2)S(=O)(=O)c2ccc(C)cc2)[C@@H](C)C(=O)NC2CCCC2)cc1. The zero-order valence-electron chi connectivity index (χ0n) is 24.2. The van der Waals surface area contributed by atoms with E-state index in [4.69, 9.17) is 4.74 Å². The number of nitrogens with zero attached hydrogens (tertiary/aromatic N) is 2. The lowest BCUT2D eigenvalue weighted by Gasteiger charge is -2.32. The number of nitrogens with one attached hydrogen (secondary N) is 1. The van der Waals surface area contributed by atoms with Gasteiger partial charge in [0.2, 0.25) is 11.8 Å². The Hall–Kier alpha value is -3.85. The zero-order valence-corrected chi connectivity index (χ0v) is 25.0. The Balaban J connectivity index is 1.67. The number of carbonyl (C=O) groups excluding carboxylic acids is 2.